The largest absolute Gasteiger partial charge is 0.573 e. The van der Waals surface area contributed by atoms with Crippen molar-refractivity contribution in [2.45, 2.75) is 30.7 Å². The van der Waals surface area contributed by atoms with Gasteiger partial charge in [0.15, 0.2) is 0 Å². The van der Waals surface area contributed by atoms with E-state index >= 15 is 0 Å². The summed E-state index contributed by atoms with van der Waals surface area (Å²) in [6.07, 6.45) is -4.14. The summed E-state index contributed by atoms with van der Waals surface area (Å²) in [7, 11) is -2.32. The van der Waals surface area contributed by atoms with Crippen LogP contribution < -0.4 is 10.1 Å². The van der Waals surface area contributed by atoms with Crippen molar-refractivity contribution < 1.29 is 36.0 Å². The van der Waals surface area contributed by atoms with Crippen LogP contribution in [-0.4, -0.2) is 50.8 Å². The molecule has 0 aromatic heterocycles. The van der Waals surface area contributed by atoms with Crippen molar-refractivity contribution in [1.82, 2.24) is 9.62 Å². The second-order valence-corrected chi connectivity index (χ2v) is 9.07. The quantitative estimate of drug-likeness (QED) is 0.607. The lowest BCUT2D eigenvalue weighted by Gasteiger charge is -2.26. The van der Waals surface area contributed by atoms with Gasteiger partial charge in [0.05, 0.1) is 10.6 Å². The number of carbonyl (C=O) groups is 1. The van der Waals surface area contributed by atoms with Gasteiger partial charge < -0.3 is 14.9 Å². The van der Waals surface area contributed by atoms with E-state index in [-0.39, 0.29) is 30.5 Å². The number of hydrogen-bond donors (Lipinski definition) is 1. The van der Waals surface area contributed by atoms with Crippen LogP contribution in [0, 0.1) is 0 Å². The minimum Gasteiger partial charge on any atom is -0.406 e. The standard InChI is InChI=1S/C21H22F3N3O5S/c1-25-20(28)16-4-2-3-15(13-16)14-31-26-17-9-11-27(12-10-17)33(29,30)19-7-5-18(6-8-19)32-21(22,23)24/h2-8,13H,9-12,14H2,1H3,(H,25,28). The molecule has 3 rings (SSSR count). The number of rotatable bonds is 7. The van der Waals surface area contributed by atoms with Gasteiger partial charge >= 0.3 is 6.36 Å². The van der Waals surface area contributed by atoms with Crippen LogP contribution in [0.15, 0.2) is 58.6 Å². The van der Waals surface area contributed by atoms with Gasteiger partial charge in [0.1, 0.15) is 12.4 Å². The molecule has 12 heteroatoms. The number of carbonyl (C=O) groups excluding carboxylic acids is 1. The first-order valence-corrected chi connectivity index (χ1v) is 11.4. The molecule has 33 heavy (non-hydrogen) atoms. The number of amides is 1. The molecule has 1 amide bonds. The van der Waals surface area contributed by atoms with E-state index in [1.165, 1.54) is 4.31 Å². The Hall–Kier alpha value is -3.12. The fraction of sp³-hybridized carbons (Fsp3) is 0.333. The first-order chi connectivity index (χ1) is 15.6. The molecule has 1 aliphatic heterocycles. The van der Waals surface area contributed by atoms with Crippen molar-refractivity contribution in [2.24, 2.45) is 5.16 Å². The maximum absolute atomic E-state index is 12.8. The summed E-state index contributed by atoms with van der Waals surface area (Å²) in [5.41, 5.74) is 1.96. The fourth-order valence-corrected chi connectivity index (χ4v) is 4.62. The maximum Gasteiger partial charge on any atom is 0.573 e. The normalized spacial score (nSPS) is 15.1. The second kappa shape index (κ2) is 10.2. The molecule has 0 unspecified atom stereocenters. The second-order valence-electron chi connectivity index (χ2n) is 7.13. The summed E-state index contributed by atoms with van der Waals surface area (Å²) in [6, 6.07) is 11.0. The first-order valence-electron chi connectivity index (χ1n) is 9.93. The van der Waals surface area contributed by atoms with E-state index in [1.807, 2.05) is 0 Å². The molecule has 0 spiro atoms. The van der Waals surface area contributed by atoms with Crippen LogP contribution in [0.5, 0.6) is 5.75 Å². The van der Waals surface area contributed by atoms with Crippen LogP contribution in [0.3, 0.4) is 0 Å². The lowest BCUT2D eigenvalue weighted by molar-refractivity contribution is -0.274. The molecule has 1 aliphatic rings. The predicted octanol–water partition coefficient (Wildman–Crippen LogP) is 3.30. The van der Waals surface area contributed by atoms with Gasteiger partial charge in [-0.15, -0.1) is 13.2 Å². The summed E-state index contributed by atoms with van der Waals surface area (Å²) in [5, 5.41) is 6.62. The number of hydrogen-bond acceptors (Lipinski definition) is 6. The Bertz CT molecular complexity index is 1110. The molecule has 2 aromatic carbocycles. The molecule has 8 nitrogen and oxygen atoms in total. The van der Waals surface area contributed by atoms with E-state index < -0.39 is 22.1 Å². The topological polar surface area (TPSA) is 97.3 Å². The minimum absolute atomic E-state index is 0.121. The Kier molecular flexibility index (Phi) is 7.59. The number of sulfonamides is 1. The Morgan fingerprint density at radius 3 is 2.39 bits per heavy atom. The number of ether oxygens (including phenoxy) is 1. The summed E-state index contributed by atoms with van der Waals surface area (Å²) in [5.74, 6) is -0.702. The van der Waals surface area contributed by atoms with Gasteiger partial charge in [0.2, 0.25) is 10.0 Å². The van der Waals surface area contributed by atoms with Crippen molar-refractivity contribution in [3.05, 3.63) is 59.7 Å². The smallest absolute Gasteiger partial charge is 0.406 e. The Labute approximate surface area is 189 Å². The molecule has 1 N–H and O–H groups in total. The number of nitrogens with one attached hydrogen (secondary N) is 1. The molecule has 1 heterocycles. The summed E-state index contributed by atoms with van der Waals surface area (Å²) < 4.78 is 67.3. The Morgan fingerprint density at radius 2 is 1.79 bits per heavy atom. The van der Waals surface area contributed by atoms with E-state index in [0.717, 1.165) is 29.8 Å². The van der Waals surface area contributed by atoms with Gasteiger partial charge in [-0.05, 0) is 42.0 Å². The number of halogens is 3. The van der Waals surface area contributed by atoms with E-state index in [1.54, 1.807) is 31.3 Å². The van der Waals surface area contributed by atoms with Crippen molar-refractivity contribution in [3.63, 3.8) is 0 Å². The van der Waals surface area contributed by atoms with Crippen LogP contribution in [0.25, 0.3) is 0 Å². The highest BCUT2D eigenvalue weighted by atomic mass is 32.2. The highest BCUT2D eigenvalue weighted by molar-refractivity contribution is 7.89. The van der Waals surface area contributed by atoms with Gasteiger partial charge in [-0.3, -0.25) is 4.79 Å². The molecule has 0 bridgehead atoms. The monoisotopic (exact) mass is 485 g/mol. The molecule has 0 saturated carbocycles. The van der Waals surface area contributed by atoms with Crippen molar-refractivity contribution in [2.75, 3.05) is 20.1 Å². The molecule has 178 valence electrons. The number of benzene rings is 2. The highest BCUT2D eigenvalue weighted by Gasteiger charge is 2.32. The highest BCUT2D eigenvalue weighted by Crippen LogP contribution is 2.26. The molecule has 1 fully saturated rings. The number of nitrogens with zero attached hydrogens (tertiary/aromatic N) is 2. The van der Waals surface area contributed by atoms with Crippen molar-refractivity contribution in [3.8, 4) is 5.75 Å². The summed E-state index contributed by atoms with van der Waals surface area (Å²) >= 11 is 0. The Balaban J connectivity index is 1.54. The molecular formula is C21H22F3N3O5S. The van der Waals surface area contributed by atoms with Crippen molar-refractivity contribution in [1.29, 1.82) is 0 Å². The van der Waals surface area contributed by atoms with Crippen LogP contribution >= 0.6 is 0 Å². The summed E-state index contributed by atoms with van der Waals surface area (Å²) in [6.45, 7) is 0.484. The van der Waals surface area contributed by atoms with E-state index in [4.69, 9.17) is 4.84 Å². The predicted molar refractivity (Wildman–Crippen MR) is 113 cm³/mol. The van der Waals surface area contributed by atoms with Crippen LogP contribution in [-0.2, 0) is 21.5 Å². The van der Waals surface area contributed by atoms with Crippen LogP contribution in [0.4, 0.5) is 13.2 Å². The van der Waals surface area contributed by atoms with E-state index in [9.17, 15) is 26.4 Å². The van der Waals surface area contributed by atoms with E-state index in [2.05, 4.69) is 15.2 Å². The number of piperidine rings is 1. The number of alkyl halides is 3. The molecule has 1 saturated heterocycles. The lowest BCUT2D eigenvalue weighted by Crippen LogP contribution is -2.38. The van der Waals surface area contributed by atoms with Crippen LogP contribution in [0.2, 0.25) is 0 Å². The zero-order valence-electron chi connectivity index (χ0n) is 17.6. The van der Waals surface area contributed by atoms with E-state index in [0.29, 0.717) is 24.1 Å². The van der Waals surface area contributed by atoms with Gasteiger partial charge in [-0.2, -0.15) is 4.31 Å². The van der Waals surface area contributed by atoms with Crippen LogP contribution in [0.1, 0.15) is 28.8 Å². The molecule has 0 atom stereocenters. The third-order valence-electron chi connectivity index (χ3n) is 4.84. The molecule has 0 aliphatic carbocycles. The van der Waals surface area contributed by atoms with Gasteiger partial charge in [0, 0.05) is 38.5 Å². The third-order valence-corrected chi connectivity index (χ3v) is 6.75. The average Bonchev–Trinajstić information content (AvgIpc) is 2.78. The molecule has 2 aromatic rings. The maximum atomic E-state index is 12.8. The summed E-state index contributed by atoms with van der Waals surface area (Å²) in [4.78, 5) is 16.9. The Morgan fingerprint density at radius 1 is 1.12 bits per heavy atom. The van der Waals surface area contributed by atoms with Gasteiger partial charge in [-0.1, -0.05) is 17.3 Å². The zero-order chi connectivity index (χ0) is 24.1. The fourth-order valence-electron chi connectivity index (χ4n) is 3.18. The lowest BCUT2D eigenvalue weighted by atomic mass is 10.1. The molecule has 0 radical (unpaired) electrons. The first kappa shape index (κ1) is 24.5. The SMILES string of the molecule is CNC(=O)c1cccc(CON=C2CCN(S(=O)(=O)c3ccc(OC(F)(F)F)cc3)CC2)c1. The third kappa shape index (κ3) is 6.68. The average molecular weight is 485 g/mol. The number of oxime groups is 1. The zero-order valence-corrected chi connectivity index (χ0v) is 18.4. The minimum atomic E-state index is -4.85. The van der Waals surface area contributed by atoms with Gasteiger partial charge in [0.25, 0.3) is 5.91 Å². The van der Waals surface area contributed by atoms with Crippen molar-refractivity contribution >= 4 is 21.6 Å². The molecular weight excluding hydrogens is 463 g/mol. The van der Waals surface area contributed by atoms with Gasteiger partial charge in [-0.25, -0.2) is 8.42 Å².